The summed E-state index contributed by atoms with van der Waals surface area (Å²) in [5, 5.41) is 14.1. The SMILES string of the molecule is CC(C)(C)OC(=O)N1CCC(CN[C@H]2C3CCCC2(C)c2cc(O)ccc2C3)CC1.CN. The molecule has 2 fully saturated rings. The number of phenols is 1. The topological polar surface area (TPSA) is 87.8 Å². The third kappa shape index (κ3) is 5.40. The van der Waals surface area contributed by atoms with Gasteiger partial charge in [0.25, 0.3) is 0 Å². The number of nitrogens with zero attached hydrogens (tertiary/aromatic N) is 1. The van der Waals surface area contributed by atoms with E-state index in [1.54, 1.807) is 0 Å². The van der Waals surface area contributed by atoms with E-state index in [9.17, 15) is 9.90 Å². The number of hydrogen-bond donors (Lipinski definition) is 3. The van der Waals surface area contributed by atoms with Gasteiger partial charge < -0.3 is 25.8 Å². The minimum atomic E-state index is -0.436. The maximum Gasteiger partial charge on any atom is 0.410 e. The first-order valence-electron chi connectivity index (χ1n) is 12.3. The zero-order chi connectivity index (χ0) is 23.5. The smallest absolute Gasteiger partial charge is 0.410 e. The zero-order valence-electron chi connectivity index (χ0n) is 20.6. The molecule has 6 heteroatoms. The highest BCUT2D eigenvalue weighted by Crippen LogP contribution is 2.49. The van der Waals surface area contributed by atoms with Crippen LogP contribution in [0.1, 0.15) is 70.9 Å². The van der Waals surface area contributed by atoms with Crippen molar-refractivity contribution in [3.8, 4) is 5.75 Å². The van der Waals surface area contributed by atoms with Crippen molar-refractivity contribution in [3.63, 3.8) is 0 Å². The van der Waals surface area contributed by atoms with Gasteiger partial charge in [0.2, 0.25) is 0 Å². The molecule has 4 rings (SSSR count). The van der Waals surface area contributed by atoms with Gasteiger partial charge in [-0.1, -0.05) is 19.4 Å². The average molecular weight is 446 g/mol. The van der Waals surface area contributed by atoms with Crippen LogP contribution in [0.3, 0.4) is 0 Å². The van der Waals surface area contributed by atoms with Crippen molar-refractivity contribution >= 4 is 6.09 Å². The molecular formula is C26H43N3O3. The van der Waals surface area contributed by atoms with Gasteiger partial charge in [-0.2, -0.15) is 0 Å². The van der Waals surface area contributed by atoms with Gasteiger partial charge in [0.15, 0.2) is 0 Å². The summed E-state index contributed by atoms with van der Waals surface area (Å²) >= 11 is 0. The molecule has 0 spiro atoms. The van der Waals surface area contributed by atoms with Crippen LogP contribution in [0.2, 0.25) is 0 Å². The minimum Gasteiger partial charge on any atom is -0.508 e. The number of benzene rings is 1. The first kappa shape index (κ1) is 24.8. The summed E-state index contributed by atoms with van der Waals surface area (Å²) in [6, 6.07) is 6.43. The number of amides is 1. The molecular weight excluding hydrogens is 402 g/mol. The van der Waals surface area contributed by atoms with Gasteiger partial charge in [-0.25, -0.2) is 4.79 Å². The first-order valence-corrected chi connectivity index (χ1v) is 12.3. The number of piperidine rings is 1. The normalized spacial score (nSPS) is 27.8. The fourth-order valence-corrected chi connectivity index (χ4v) is 5.98. The van der Waals surface area contributed by atoms with Crippen molar-refractivity contribution in [2.75, 3.05) is 26.7 Å². The van der Waals surface area contributed by atoms with Gasteiger partial charge in [-0.15, -0.1) is 0 Å². The number of fused-ring (bicyclic) bond motifs is 4. The van der Waals surface area contributed by atoms with Crippen LogP contribution >= 0.6 is 0 Å². The van der Waals surface area contributed by atoms with Crippen LogP contribution in [-0.2, 0) is 16.6 Å². The molecule has 1 aromatic carbocycles. The van der Waals surface area contributed by atoms with Crippen molar-refractivity contribution in [2.45, 2.75) is 83.3 Å². The third-order valence-corrected chi connectivity index (χ3v) is 7.51. The highest BCUT2D eigenvalue weighted by atomic mass is 16.6. The number of nitrogens with one attached hydrogen (secondary N) is 1. The largest absolute Gasteiger partial charge is 0.508 e. The molecule has 1 aliphatic heterocycles. The number of aromatic hydroxyl groups is 1. The molecule has 1 saturated heterocycles. The van der Waals surface area contributed by atoms with Crippen molar-refractivity contribution in [1.29, 1.82) is 0 Å². The second-order valence-electron chi connectivity index (χ2n) is 10.9. The predicted octanol–water partition coefficient (Wildman–Crippen LogP) is 4.19. The minimum absolute atomic E-state index is 0.0897. The molecule has 3 atom stereocenters. The molecule has 32 heavy (non-hydrogen) atoms. The molecule has 2 unspecified atom stereocenters. The van der Waals surface area contributed by atoms with Crippen LogP contribution in [-0.4, -0.2) is 54.4 Å². The lowest BCUT2D eigenvalue weighted by Crippen LogP contribution is -2.58. The van der Waals surface area contributed by atoms with Crippen molar-refractivity contribution in [3.05, 3.63) is 29.3 Å². The predicted molar refractivity (Wildman–Crippen MR) is 129 cm³/mol. The number of likely N-dealkylation sites (tertiary alicyclic amines) is 1. The highest BCUT2D eigenvalue weighted by molar-refractivity contribution is 5.68. The van der Waals surface area contributed by atoms with Crippen molar-refractivity contribution in [2.24, 2.45) is 17.6 Å². The Morgan fingerprint density at radius 1 is 1.25 bits per heavy atom. The van der Waals surface area contributed by atoms with Crippen LogP contribution in [0.15, 0.2) is 18.2 Å². The number of rotatable bonds is 3. The summed E-state index contributed by atoms with van der Waals surface area (Å²) in [5.41, 5.74) is 6.92. The van der Waals surface area contributed by atoms with Gasteiger partial charge in [0, 0.05) is 24.5 Å². The van der Waals surface area contributed by atoms with Crippen LogP contribution in [0.25, 0.3) is 0 Å². The van der Waals surface area contributed by atoms with Crippen LogP contribution in [0.4, 0.5) is 4.79 Å². The molecule has 3 aliphatic rings. The molecule has 1 amide bonds. The van der Waals surface area contributed by atoms with E-state index in [0.29, 0.717) is 23.6 Å². The summed E-state index contributed by atoms with van der Waals surface area (Å²) in [7, 11) is 1.50. The van der Waals surface area contributed by atoms with E-state index in [4.69, 9.17) is 4.74 Å². The van der Waals surface area contributed by atoms with Crippen LogP contribution < -0.4 is 11.1 Å². The van der Waals surface area contributed by atoms with Gasteiger partial charge >= 0.3 is 6.09 Å². The lowest BCUT2D eigenvalue weighted by molar-refractivity contribution is 0.0179. The number of nitrogens with two attached hydrogens (primary N) is 1. The number of carbonyl (C=O) groups is 1. The third-order valence-electron chi connectivity index (χ3n) is 7.51. The fraction of sp³-hybridized carbons (Fsp3) is 0.731. The number of hydrogen-bond acceptors (Lipinski definition) is 5. The Bertz CT molecular complexity index is 783. The van der Waals surface area contributed by atoms with Crippen molar-refractivity contribution in [1.82, 2.24) is 10.2 Å². The van der Waals surface area contributed by atoms with E-state index in [1.807, 2.05) is 37.8 Å². The quantitative estimate of drug-likeness (QED) is 0.649. The first-order chi connectivity index (χ1) is 15.2. The van der Waals surface area contributed by atoms with E-state index in [1.165, 1.54) is 37.4 Å². The maximum atomic E-state index is 12.3. The standard InChI is InChI=1S/C25H38N2O3.CH5N/c1-24(2,3)30-23(29)27-12-9-17(10-13-27)16-26-22-19-6-5-11-25(22,4)21-15-20(28)8-7-18(21)14-19;1-2/h7-8,15,17,19,22,26,28H,5-6,9-14,16H2,1-4H3;2H2,1H3/t19?,22-,25?;/m0./s1. The van der Waals surface area contributed by atoms with Gasteiger partial charge in [-0.3, -0.25) is 0 Å². The molecule has 2 aliphatic carbocycles. The van der Waals surface area contributed by atoms with E-state index >= 15 is 0 Å². The zero-order valence-corrected chi connectivity index (χ0v) is 20.6. The molecule has 6 nitrogen and oxygen atoms in total. The molecule has 1 saturated carbocycles. The molecule has 1 heterocycles. The molecule has 0 aromatic heterocycles. The van der Waals surface area contributed by atoms with Crippen molar-refractivity contribution < 1.29 is 14.6 Å². The van der Waals surface area contributed by atoms with E-state index in [0.717, 1.165) is 38.9 Å². The van der Waals surface area contributed by atoms with E-state index in [2.05, 4.69) is 24.0 Å². The second-order valence-corrected chi connectivity index (χ2v) is 10.9. The molecule has 1 aromatic rings. The number of carbonyl (C=O) groups excluding carboxylic acids is 1. The molecule has 0 radical (unpaired) electrons. The summed E-state index contributed by atoms with van der Waals surface area (Å²) in [4.78, 5) is 14.2. The summed E-state index contributed by atoms with van der Waals surface area (Å²) in [6.07, 6.45) is 6.71. The lowest BCUT2D eigenvalue weighted by Gasteiger charge is -2.52. The monoisotopic (exact) mass is 445 g/mol. The maximum absolute atomic E-state index is 12.3. The summed E-state index contributed by atoms with van der Waals surface area (Å²) in [6.45, 7) is 10.7. The molecule has 4 N–H and O–H groups in total. The van der Waals surface area contributed by atoms with Crippen LogP contribution in [0, 0.1) is 11.8 Å². The lowest BCUT2D eigenvalue weighted by atomic mass is 9.57. The van der Waals surface area contributed by atoms with Gasteiger partial charge in [0.1, 0.15) is 11.4 Å². The summed E-state index contributed by atoms with van der Waals surface area (Å²) in [5.74, 6) is 1.65. The van der Waals surface area contributed by atoms with Gasteiger partial charge in [-0.05, 0) is 102 Å². The molecule has 180 valence electrons. The Hall–Kier alpha value is -1.79. The van der Waals surface area contributed by atoms with Crippen LogP contribution in [0.5, 0.6) is 5.75 Å². The fourth-order valence-electron chi connectivity index (χ4n) is 5.98. The second kappa shape index (κ2) is 10.0. The Morgan fingerprint density at radius 2 is 1.94 bits per heavy atom. The Labute approximate surface area is 193 Å². The average Bonchev–Trinajstić information content (AvgIpc) is 2.74. The summed E-state index contributed by atoms with van der Waals surface area (Å²) < 4.78 is 5.52. The van der Waals surface area contributed by atoms with E-state index < -0.39 is 5.60 Å². The number of ether oxygens (including phenoxy) is 1. The van der Waals surface area contributed by atoms with E-state index in [-0.39, 0.29) is 11.5 Å². The Morgan fingerprint density at radius 3 is 2.59 bits per heavy atom. The van der Waals surface area contributed by atoms with Gasteiger partial charge in [0.05, 0.1) is 0 Å². The highest BCUT2D eigenvalue weighted by Gasteiger charge is 2.47. The number of phenolic OH excluding ortho intramolecular Hbond substituents is 1. The Balaban J connectivity index is 0.00000141. The molecule has 2 bridgehead atoms. The Kier molecular flexibility index (Phi) is 7.77.